The van der Waals surface area contributed by atoms with Crippen LogP contribution in [0.1, 0.15) is 36.5 Å². The van der Waals surface area contributed by atoms with Gasteiger partial charge in [0.1, 0.15) is 0 Å². The van der Waals surface area contributed by atoms with Crippen LogP contribution >= 0.6 is 0 Å². The third kappa shape index (κ3) is 8.70. The lowest BCUT2D eigenvalue weighted by Gasteiger charge is -2.31. The van der Waals surface area contributed by atoms with Gasteiger partial charge in [-0.05, 0) is 48.8 Å². The highest BCUT2D eigenvalue weighted by Crippen LogP contribution is 2.20. The SMILES string of the molecule is C[C@@H]1C(=O)N[C@@H](Cc2ccccc2)C(CCc2ccccc2)OC/C=C/CO[C@@H]1CCc1ccccc1. The zero-order chi connectivity index (χ0) is 25.7. The van der Waals surface area contributed by atoms with Gasteiger partial charge in [0.15, 0.2) is 0 Å². The smallest absolute Gasteiger partial charge is 0.225 e. The number of carbonyl (C=O) groups excluding carboxylic acids is 1. The highest BCUT2D eigenvalue weighted by Gasteiger charge is 2.30. The zero-order valence-corrected chi connectivity index (χ0v) is 21.8. The number of carbonyl (C=O) groups is 1. The van der Waals surface area contributed by atoms with Crippen molar-refractivity contribution in [1.82, 2.24) is 5.32 Å². The van der Waals surface area contributed by atoms with Gasteiger partial charge in [0.25, 0.3) is 0 Å². The minimum Gasteiger partial charge on any atom is -0.373 e. The van der Waals surface area contributed by atoms with Gasteiger partial charge < -0.3 is 14.8 Å². The van der Waals surface area contributed by atoms with Crippen LogP contribution in [0.3, 0.4) is 0 Å². The zero-order valence-electron chi connectivity index (χ0n) is 21.8. The molecule has 37 heavy (non-hydrogen) atoms. The molecule has 4 atom stereocenters. The molecule has 4 nitrogen and oxygen atoms in total. The summed E-state index contributed by atoms with van der Waals surface area (Å²) in [6, 6.07) is 31.1. The van der Waals surface area contributed by atoms with Crippen LogP contribution in [0.4, 0.5) is 0 Å². The van der Waals surface area contributed by atoms with E-state index in [-0.39, 0.29) is 30.1 Å². The van der Waals surface area contributed by atoms with E-state index in [2.05, 4.69) is 66.0 Å². The van der Waals surface area contributed by atoms with Crippen LogP contribution in [0, 0.1) is 5.92 Å². The van der Waals surface area contributed by atoms with Crippen molar-refractivity contribution in [2.75, 3.05) is 13.2 Å². The molecular weight excluding hydrogens is 458 g/mol. The van der Waals surface area contributed by atoms with Crippen molar-refractivity contribution in [3.05, 3.63) is 120 Å². The molecule has 0 saturated heterocycles. The van der Waals surface area contributed by atoms with Crippen LogP contribution in [-0.4, -0.2) is 37.4 Å². The molecule has 1 unspecified atom stereocenters. The first kappa shape index (κ1) is 26.8. The Morgan fingerprint density at radius 1 is 0.676 bits per heavy atom. The second-order valence-electron chi connectivity index (χ2n) is 9.86. The van der Waals surface area contributed by atoms with Crippen molar-refractivity contribution in [3.8, 4) is 0 Å². The molecule has 0 aliphatic carbocycles. The van der Waals surface area contributed by atoms with Crippen LogP contribution in [0.15, 0.2) is 103 Å². The van der Waals surface area contributed by atoms with Crippen molar-refractivity contribution in [1.29, 1.82) is 0 Å². The normalized spacial score (nSPS) is 23.9. The fourth-order valence-corrected chi connectivity index (χ4v) is 4.91. The Balaban J connectivity index is 1.51. The highest BCUT2D eigenvalue weighted by molar-refractivity contribution is 5.79. The van der Waals surface area contributed by atoms with Gasteiger partial charge in [-0.15, -0.1) is 0 Å². The first-order valence-electron chi connectivity index (χ1n) is 13.5. The van der Waals surface area contributed by atoms with Gasteiger partial charge in [-0.1, -0.05) is 110 Å². The van der Waals surface area contributed by atoms with E-state index in [0.717, 1.165) is 32.1 Å². The number of hydrogen-bond donors (Lipinski definition) is 1. The van der Waals surface area contributed by atoms with E-state index in [9.17, 15) is 4.79 Å². The summed E-state index contributed by atoms with van der Waals surface area (Å²) < 4.78 is 12.6. The van der Waals surface area contributed by atoms with Gasteiger partial charge >= 0.3 is 0 Å². The molecule has 1 heterocycles. The second kappa shape index (κ2) is 14.5. The molecule has 4 heteroatoms. The number of hydrogen-bond acceptors (Lipinski definition) is 3. The third-order valence-corrected chi connectivity index (χ3v) is 7.15. The molecule has 0 saturated carbocycles. The Labute approximate surface area is 221 Å². The van der Waals surface area contributed by atoms with E-state index in [4.69, 9.17) is 9.47 Å². The molecule has 3 aromatic carbocycles. The van der Waals surface area contributed by atoms with Crippen molar-refractivity contribution in [2.24, 2.45) is 5.92 Å². The Bertz CT molecular complexity index is 1080. The topological polar surface area (TPSA) is 47.6 Å². The van der Waals surface area contributed by atoms with E-state index in [1.807, 2.05) is 49.4 Å². The summed E-state index contributed by atoms with van der Waals surface area (Å²) in [6.07, 6.45) is 7.91. The summed E-state index contributed by atoms with van der Waals surface area (Å²) in [4.78, 5) is 13.6. The van der Waals surface area contributed by atoms with Crippen molar-refractivity contribution in [2.45, 2.75) is 57.3 Å². The van der Waals surface area contributed by atoms with Gasteiger partial charge in [-0.3, -0.25) is 4.79 Å². The molecule has 1 N–H and O–H groups in total. The lowest BCUT2D eigenvalue weighted by molar-refractivity contribution is -0.131. The maximum Gasteiger partial charge on any atom is 0.225 e. The van der Waals surface area contributed by atoms with Crippen LogP contribution < -0.4 is 5.32 Å². The summed E-state index contributed by atoms with van der Waals surface area (Å²) in [5.41, 5.74) is 3.73. The fourth-order valence-electron chi connectivity index (χ4n) is 4.91. The van der Waals surface area contributed by atoms with Crippen LogP contribution in [-0.2, 0) is 33.5 Å². The van der Waals surface area contributed by atoms with Crippen LogP contribution in [0.2, 0.25) is 0 Å². The molecule has 3 aromatic rings. The van der Waals surface area contributed by atoms with Crippen LogP contribution in [0.25, 0.3) is 0 Å². The molecule has 0 bridgehead atoms. The second-order valence-corrected chi connectivity index (χ2v) is 9.86. The van der Waals surface area contributed by atoms with Gasteiger partial charge in [0.2, 0.25) is 5.91 Å². The average molecular weight is 498 g/mol. The summed E-state index contributed by atoms with van der Waals surface area (Å²) in [6.45, 7) is 2.96. The van der Waals surface area contributed by atoms with E-state index in [0.29, 0.717) is 13.2 Å². The number of ether oxygens (including phenoxy) is 2. The van der Waals surface area contributed by atoms with Gasteiger partial charge in [-0.25, -0.2) is 0 Å². The number of aryl methyl sites for hydroxylation is 2. The minimum absolute atomic E-state index is 0.0249. The number of rotatable bonds is 8. The molecule has 194 valence electrons. The summed E-state index contributed by atoms with van der Waals surface area (Å²) in [5, 5.41) is 3.38. The third-order valence-electron chi connectivity index (χ3n) is 7.15. The molecule has 4 rings (SSSR count). The summed E-state index contributed by atoms with van der Waals surface area (Å²) in [5.74, 6) is -0.249. The van der Waals surface area contributed by atoms with E-state index >= 15 is 0 Å². The number of benzene rings is 3. The molecule has 1 amide bonds. The predicted molar refractivity (Wildman–Crippen MR) is 149 cm³/mol. The van der Waals surface area contributed by atoms with Crippen molar-refractivity contribution >= 4 is 5.91 Å². The van der Waals surface area contributed by atoms with Gasteiger partial charge in [0.05, 0.1) is 37.4 Å². The van der Waals surface area contributed by atoms with Gasteiger partial charge in [0, 0.05) is 0 Å². The quantitative estimate of drug-likeness (QED) is 0.391. The average Bonchev–Trinajstić information content (AvgIpc) is 2.94. The van der Waals surface area contributed by atoms with Crippen molar-refractivity contribution < 1.29 is 14.3 Å². The minimum atomic E-state index is -0.274. The Morgan fingerprint density at radius 3 is 1.68 bits per heavy atom. The molecule has 1 aliphatic heterocycles. The first-order chi connectivity index (χ1) is 18.2. The van der Waals surface area contributed by atoms with Gasteiger partial charge in [-0.2, -0.15) is 0 Å². The Hall–Kier alpha value is -3.21. The maximum atomic E-state index is 13.6. The predicted octanol–water partition coefficient (Wildman–Crippen LogP) is 5.96. The molecule has 0 fully saturated rings. The van der Waals surface area contributed by atoms with Crippen molar-refractivity contribution in [3.63, 3.8) is 0 Å². The molecule has 0 radical (unpaired) electrons. The van der Waals surface area contributed by atoms with E-state index < -0.39 is 0 Å². The Morgan fingerprint density at radius 2 is 1.14 bits per heavy atom. The standard InChI is InChI=1S/C33H39NO3/c1-26-31(21-19-27-13-5-2-6-14-27)36-23-11-12-24-37-32(22-20-28-15-7-3-8-16-28)30(34-33(26)35)25-29-17-9-4-10-18-29/h2-18,26,30-32H,19-25H2,1H3,(H,34,35)/b12-11+/t26-,30-,31+,32?/m0/s1. The lowest BCUT2D eigenvalue weighted by Crippen LogP contribution is -2.50. The Kier molecular flexibility index (Phi) is 10.5. The largest absolute Gasteiger partial charge is 0.373 e. The molecule has 0 spiro atoms. The van der Waals surface area contributed by atoms with Crippen LogP contribution in [0.5, 0.6) is 0 Å². The molecular formula is C33H39NO3. The highest BCUT2D eigenvalue weighted by atomic mass is 16.5. The van der Waals surface area contributed by atoms with E-state index in [1.54, 1.807) is 0 Å². The fraction of sp³-hybridized carbons (Fsp3) is 0.364. The number of nitrogens with one attached hydrogen (secondary N) is 1. The van der Waals surface area contributed by atoms with E-state index in [1.165, 1.54) is 16.7 Å². The molecule has 0 aromatic heterocycles. The lowest BCUT2D eigenvalue weighted by atomic mass is 9.93. The molecule has 1 aliphatic rings. The first-order valence-corrected chi connectivity index (χ1v) is 13.5. The number of amides is 1. The maximum absolute atomic E-state index is 13.6. The monoisotopic (exact) mass is 497 g/mol. The summed E-state index contributed by atoms with van der Waals surface area (Å²) in [7, 11) is 0. The summed E-state index contributed by atoms with van der Waals surface area (Å²) >= 11 is 0.